The first kappa shape index (κ1) is 16.4. The number of aromatic nitrogens is 2. The maximum atomic E-state index is 6.14. The molecule has 0 aliphatic carbocycles. The summed E-state index contributed by atoms with van der Waals surface area (Å²) < 4.78 is 0. The second kappa shape index (κ2) is 7.07. The van der Waals surface area contributed by atoms with Gasteiger partial charge in [0.25, 0.3) is 0 Å². The monoisotopic (exact) mass is 346 g/mol. The molecule has 4 rings (SSSR count). The van der Waals surface area contributed by atoms with Crippen LogP contribution in [0.1, 0.15) is 26.2 Å². The third-order valence-corrected chi connectivity index (χ3v) is 4.81. The summed E-state index contributed by atoms with van der Waals surface area (Å²) in [7, 11) is 0. The minimum atomic E-state index is 0.423. The highest BCUT2D eigenvalue weighted by molar-refractivity contribution is 5.90. The molecular formula is C20H22N6. The van der Waals surface area contributed by atoms with Crippen LogP contribution in [0.4, 0.5) is 11.5 Å². The molecule has 1 unspecified atom stereocenters. The molecule has 6 heteroatoms. The zero-order valence-corrected chi connectivity index (χ0v) is 14.8. The molecule has 0 bridgehead atoms. The summed E-state index contributed by atoms with van der Waals surface area (Å²) in [6, 6.07) is 16.0. The van der Waals surface area contributed by atoms with Gasteiger partial charge in [-0.1, -0.05) is 29.5 Å². The molecule has 3 aromatic rings. The Morgan fingerprint density at radius 1 is 1.04 bits per heavy atom. The minimum absolute atomic E-state index is 0.423. The smallest absolute Gasteiger partial charge is 0.164 e. The van der Waals surface area contributed by atoms with Gasteiger partial charge in [-0.2, -0.15) is 0 Å². The Morgan fingerprint density at radius 3 is 2.73 bits per heavy atom. The molecule has 0 radical (unpaired) electrons. The highest BCUT2D eigenvalue weighted by Crippen LogP contribution is 2.31. The third-order valence-electron chi connectivity index (χ3n) is 4.81. The quantitative estimate of drug-likeness (QED) is 0.694. The molecule has 1 aromatic heterocycles. The van der Waals surface area contributed by atoms with Gasteiger partial charge in [0.2, 0.25) is 0 Å². The second-order valence-electron chi connectivity index (χ2n) is 6.66. The number of piperidine rings is 1. The summed E-state index contributed by atoms with van der Waals surface area (Å²) in [5.74, 6) is 1.05. The average Bonchev–Trinajstić information content (AvgIpc) is 2.67. The van der Waals surface area contributed by atoms with Crippen molar-refractivity contribution in [2.45, 2.75) is 32.2 Å². The van der Waals surface area contributed by atoms with E-state index >= 15 is 0 Å². The van der Waals surface area contributed by atoms with Crippen molar-refractivity contribution in [1.82, 2.24) is 15.0 Å². The van der Waals surface area contributed by atoms with Crippen molar-refractivity contribution >= 4 is 22.4 Å². The van der Waals surface area contributed by atoms with E-state index in [1.165, 1.54) is 6.42 Å². The number of hydrogen-bond acceptors (Lipinski definition) is 5. The number of nitrogens with zero attached hydrogens (tertiary/aromatic N) is 5. The normalized spacial score (nSPS) is 17.9. The van der Waals surface area contributed by atoms with Crippen LogP contribution < -0.4 is 5.73 Å². The lowest BCUT2D eigenvalue weighted by Crippen LogP contribution is -2.32. The van der Waals surface area contributed by atoms with Crippen LogP contribution in [-0.4, -0.2) is 27.6 Å². The lowest BCUT2D eigenvalue weighted by atomic mass is 10.1. The SMILES string of the molecule is CC1CCCCN1N=Nc1ccccc1-c1nc(N)c2ccccc2n1. The molecule has 132 valence electrons. The maximum Gasteiger partial charge on any atom is 0.164 e. The Morgan fingerprint density at radius 2 is 1.85 bits per heavy atom. The molecule has 26 heavy (non-hydrogen) atoms. The van der Waals surface area contributed by atoms with Crippen molar-refractivity contribution in [3.8, 4) is 11.4 Å². The molecule has 2 heterocycles. The van der Waals surface area contributed by atoms with Gasteiger partial charge in [-0.25, -0.2) is 9.97 Å². The van der Waals surface area contributed by atoms with Gasteiger partial charge in [-0.15, -0.1) is 5.11 Å². The molecule has 2 N–H and O–H groups in total. The van der Waals surface area contributed by atoms with E-state index in [1.807, 2.05) is 48.5 Å². The fraction of sp³-hybridized carbons (Fsp3) is 0.300. The van der Waals surface area contributed by atoms with Gasteiger partial charge in [0.15, 0.2) is 5.82 Å². The molecule has 1 fully saturated rings. The van der Waals surface area contributed by atoms with Gasteiger partial charge in [-0.3, -0.25) is 5.01 Å². The predicted molar refractivity (Wildman–Crippen MR) is 104 cm³/mol. The molecule has 2 aromatic carbocycles. The van der Waals surface area contributed by atoms with E-state index in [9.17, 15) is 0 Å². The first-order valence-electron chi connectivity index (χ1n) is 9.02. The van der Waals surface area contributed by atoms with Gasteiger partial charge in [0.05, 0.1) is 11.2 Å². The highest BCUT2D eigenvalue weighted by Gasteiger charge is 2.17. The van der Waals surface area contributed by atoms with Crippen LogP contribution >= 0.6 is 0 Å². The Hall–Kier alpha value is -3.02. The number of nitrogen functional groups attached to an aromatic ring is 1. The van der Waals surface area contributed by atoms with Gasteiger partial charge >= 0.3 is 0 Å². The number of fused-ring (bicyclic) bond motifs is 1. The molecule has 1 aliphatic rings. The van der Waals surface area contributed by atoms with Crippen LogP contribution in [0.3, 0.4) is 0 Å². The van der Waals surface area contributed by atoms with E-state index in [1.54, 1.807) is 0 Å². The van der Waals surface area contributed by atoms with E-state index in [4.69, 9.17) is 5.73 Å². The molecular weight excluding hydrogens is 324 g/mol. The van der Waals surface area contributed by atoms with Crippen molar-refractivity contribution in [1.29, 1.82) is 0 Å². The highest BCUT2D eigenvalue weighted by atomic mass is 15.6. The summed E-state index contributed by atoms with van der Waals surface area (Å²) in [6.45, 7) is 3.14. The van der Waals surface area contributed by atoms with Crippen molar-refractivity contribution in [3.63, 3.8) is 0 Å². The fourth-order valence-corrected chi connectivity index (χ4v) is 3.29. The Kier molecular flexibility index (Phi) is 4.48. The minimum Gasteiger partial charge on any atom is -0.383 e. The van der Waals surface area contributed by atoms with E-state index < -0.39 is 0 Å². The molecule has 1 aliphatic heterocycles. The lowest BCUT2D eigenvalue weighted by Gasteiger charge is -2.29. The van der Waals surface area contributed by atoms with E-state index in [0.29, 0.717) is 17.7 Å². The van der Waals surface area contributed by atoms with Crippen LogP contribution in [0.15, 0.2) is 58.9 Å². The second-order valence-corrected chi connectivity index (χ2v) is 6.66. The lowest BCUT2D eigenvalue weighted by molar-refractivity contribution is 0.156. The Balaban J connectivity index is 1.72. The van der Waals surface area contributed by atoms with Crippen molar-refractivity contribution in [3.05, 3.63) is 48.5 Å². The summed E-state index contributed by atoms with van der Waals surface area (Å²) in [4.78, 5) is 9.16. The Labute approximate surface area is 152 Å². The first-order chi connectivity index (χ1) is 12.7. The molecule has 1 saturated heterocycles. The van der Waals surface area contributed by atoms with Gasteiger partial charge in [-0.05, 0) is 50.5 Å². The first-order valence-corrected chi connectivity index (χ1v) is 9.02. The van der Waals surface area contributed by atoms with E-state index in [0.717, 1.165) is 41.5 Å². The maximum absolute atomic E-state index is 6.14. The molecule has 0 saturated carbocycles. The van der Waals surface area contributed by atoms with Crippen molar-refractivity contribution in [2.75, 3.05) is 12.3 Å². The van der Waals surface area contributed by atoms with Gasteiger partial charge in [0, 0.05) is 23.5 Å². The zero-order valence-electron chi connectivity index (χ0n) is 14.8. The van der Waals surface area contributed by atoms with Crippen molar-refractivity contribution in [2.24, 2.45) is 10.3 Å². The largest absolute Gasteiger partial charge is 0.383 e. The number of rotatable bonds is 3. The van der Waals surface area contributed by atoms with Crippen LogP contribution in [0.25, 0.3) is 22.3 Å². The summed E-state index contributed by atoms with van der Waals surface area (Å²) in [5, 5.41) is 11.9. The third kappa shape index (κ3) is 3.22. The average molecular weight is 346 g/mol. The summed E-state index contributed by atoms with van der Waals surface area (Å²) >= 11 is 0. The summed E-state index contributed by atoms with van der Waals surface area (Å²) in [6.07, 6.45) is 3.58. The topological polar surface area (TPSA) is 79.8 Å². The number of benzene rings is 2. The van der Waals surface area contributed by atoms with Crippen LogP contribution in [0, 0.1) is 0 Å². The predicted octanol–water partition coefficient (Wildman–Crippen LogP) is 4.75. The molecule has 6 nitrogen and oxygen atoms in total. The molecule has 0 spiro atoms. The van der Waals surface area contributed by atoms with Crippen LogP contribution in [0.5, 0.6) is 0 Å². The molecule has 0 amide bonds. The number of nitrogens with two attached hydrogens (primary N) is 1. The number of para-hydroxylation sites is 1. The number of hydrogen-bond donors (Lipinski definition) is 1. The summed E-state index contributed by atoms with van der Waals surface area (Å²) in [5.41, 5.74) is 8.55. The van der Waals surface area contributed by atoms with Crippen LogP contribution in [0.2, 0.25) is 0 Å². The van der Waals surface area contributed by atoms with Crippen molar-refractivity contribution < 1.29 is 0 Å². The van der Waals surface area contributed by atoms with E-state index in [-0.39, 0.29) is 0 Å². The standard InChI is InChI=1S/C20H22N6/c1-14-8-6-7-13-26(14)25-24-18-12-5-3-10-16(18)20-22-17-11-4-2-9-15(17)19(21)23-20/h2-5,9-12,14H,6-8,13H2,1H3,(H2,21,22,23). The zero-order chi connectivity index (χ0) is 17.9. The van der Waals surface area contributed by atoms with Gasteiger partial charge < -0.3 is 5.73 Å². The van der Waals surface area contributed by atoms with Gasteiger partial charge in [0.1, 0.15) is 5.82 Å². The fourth-order valence-electron chi connectivity index (χ4n) is 3.29. The van der Waals surface area contributed by atoms with Crippen LogP contribution in [-0.2, 0) is 0 Å². The Bertz CT molecular complexity index is 952. The molecule has 1 atom stereocenters. The number of anilines is 1. The van der Waals surface area contributed by atoms with E-state index in [2.05, 4.69) is 32.2 Å².